The van der Waals surface area contributed by atoms with Crippen molar-refractivity contribution < 1.29 is 23.4 Å². The van der Waals surface area contributed by atoms with Crippen molar-refractivity contribution in [2.75, 3.05) is 0 Å². The van der Waals surface area contributed by atoms with Crippen LogP contribution in [0.2, 0.25) is 0 Å². The van der Waals surface area contributed by atoms with E-state index in [0.29, 0.717) is 10.0 Å². The summed E-state index contributed by atoms with van der Waals surface area (Å²) in [5.74, 6) is -1.55. The molecule has 21 heavy (non-hydrogen) atoms. The lowest BCUT2D eigenvalue weighted by Crippen LogP contribution is -2.08. The van der Waals surface area contributed by atoms with Crippen molar-refractivity contribution in [1.82, 2.24) is 0 Å². The standard InChI is InChI=1S/C14H11BrO5S/c15-12-5-4-10(14(17)18)7-13(12)21(19,20)8-9-2-1-3-11(16)6-9/h1-7,16H,8H2,(H,17,18). The topological polar surface area (TPSA) is 91.7 Å². The van der Waals surface area contributed by atoms with Gasteiger partial charge in [0.05, 0.1) is 16.2 Å². The SMILES string of the molecule is O=C(O)c1ccc(Br)c(S(=O)(=O)Cc2cccc(O)c2)c1. The molecular formula is C14H11BrO5S. The molecule has 0 atom stereocenters. The third-order valence-corrected chi connectivity index (χ3v) is 5.46. The Morgan fingerprint density at radius 1 is 1.14 bits per heavy atom. The minimum atomic E-state index is -3.74. The zero-order valence-electron chi connectivity index (χ0n) is 10.7. The summed E-state index contributed by atoms with van der Waals surface area (Å²) in [6.07, 6.45) is 0. The summed E-state index contributed by atoms with van der Waals surface area (Å²) in [6, 6.07) is 9.74. The smallest absolute Gasteiger partial charge is 0.335 e. The molecule has 2 rings (SSSR count). The van der Waals surface area contributed by atoms with Crippen molar-refractivity contribution in [2.45, 2.75) is 10.6 Å². The average Bonchev–Trinajstić information content (AvgIpc) is 2.38. The number of carboxylic acids is 1. The van der Waals surface area contributed by atoms with Gasteiger partial charge in [-0.1, -0.05) is 12.1 Å². The Bertz CT molecular complexity index is 799. The lowest BCUT2D eigenvalue weighted by molar-refractivity contribution is 0.0696. The summed E-state index contributed by atoms with van der Waals surface area (Å²) in [5.41, 5.74) is 0.315. The number of aromatic hydroxyl groups is 1. The van der Waals surface area contributed by atoms with Crippen LogP contribution in [0.15, 0.2) is 51.8 Å². The van der Waals surface area contributed by atoms with Crippen molar-refractivity contribution >= 4 is 31.7 Å². The molecular weight excluding hydrogens is 360 g/mol. The van der Waals surface area contributed by atoms with Crippen molar-refractivity contribution in [2.24, 2.45) is 0 Å². The van der Waals surface area contributed by atoms with Gasteiger partial charge in [0, 0.05) is 4.47 Å². The van der Waals surface area contributed by atoms with Crippen LogP contribution in [0, 0.1) is 0 Å². The molecule has 0 fully saturated rings. The molecule has 0 aliphatic heterocycles. The van der Waals surface area contributed by atoms with Gasteiger partial charge >= 0.3 is 5.97 Å². The summed E-state index contributed by atoms with van der Waals surface area (Å²) >= 11 is 3.12. The normalized spacial score (nSPS) is 11.3. The first-order valence-electron chi connectivity index (χ1n) is 5.83. The Morgan fingerprint density at radius 3 is 2.48 bits per heavy atom. The fourth-order valence-electron chi connectivity index (χ4n) is 1.82. The molecule has 0 spiro atoms. The summed E-state index contributed by atoms with van der Waals surface area (Å²) in [5, 5.41) is 18.3. The Kier molecular flexibility index (Phi) is 4.34. The first-order chi connectivity index (χ1) is 9.79. The highest BCUT2D eigenvalue weighted by molar-refractivity contribution is 9.10. The molecule has 2 N–H and O–H groups in total. The van der Waals surface area contributed by atoms with E-state index in [1.54, 1.807) is 12.1 Å². The molecule has 0 aromatic heterocycles. The number of carbonyl (C=O) groups is 1. The van der Waals surface area contributed by atoms with E-state index >= 15 is 0 Å². The Morgan fingerprint density at radius 2 is 1.86 bits per heavy atom. The fourth-order valence-corrected chi connectivity index (χ4v) is 4.25. The number of benzene rings is 2. The lowest BCUT2D eigenvalue weighted by Gasteiger charge is -2.08. The number of rotatable bonds is 4. The van der Waals surface area contributed by atoms with Gasteiger partial charge in [-0.3, -0.25) is 0 Å². The summed E-state index contributed by atoms with van der Waals surface area (Å²) in [7, 11) is -3.74. The van der Waals surface area contributed by atoms with Crippen LogP contribution >= 0.6 is 15.9 Å². The second-order valence-corrected chi connectivity index (χ2v) is 7.19. The van der Waals surface area contributed by atoms with Gasteiger partial charge < -0.3 is 10.2 Å². The van der Waals surface area contributed by atoms with Gasteiger partial charge in [0.1, 0.15) is 5.75 Å². The number of phenolic OH excluding ortho intramolecular Hbond substituents is 1. The minimum Gasteiger partial charge on any atom is -0.508 e. The predicted molar refractivity (Wildman–Crippen MR) is 80.1 cm³/mol. The molecule has 0 saturated heterocycles. The average molecular weight is 371 g/mol. The minimum absolute atomic E-state index is 0.0268. The van der Waals surface area contributed by atoms with Crippen LogP contribution in [0.4, 0.5) is 0 Å². The van der Waals surface area contributed by atoms with E-state index < -0.39 is 15.8 Å². The van der Waals surface area contributed by atoms with Gasteiger partial charge in [0.2, 0.25) is 0 Å². The van der Waals surface area contributed by atoms with Gasteiger partial charge in [-0.05, 0) is 51.8 Å². The number of hydrogen-bond donors (Lipinski definition) is 2. The largest absolute Gasteiger partial charge is 0.508 e. The van der Waals surface area contributed by atoms with E-state index in [1.165, 1.54) is 24.3 Å². The molecule has 0 heterocycles. The zero-order valence-corrected chi connectivity index (χ0v) is 13.1. The molecule has 0 aliphatic rings. The van der Waals surface area contributed by atoms with E-state index in [9.17, 15) is 18.3 Å². The third kappa shape index (κ3) is 3.62. The molecule has 0 radical (unpaired) electrons. The number of carboxylic acid groups (broad SMARTS) is 1. The second-order valence-electron chi connectivity index (χ2n) is 4.38. The predicted octanol–water partition coefficient (Wildman–Crippen LogP) is 2.83. The third-order valence-electron chi connectivity index (χ3n) is 2.78. The first-order valence-corrected chi connectivity index (χ1v) is 8.27. The molecule has 2 aromatic rings. The molecule has 5 nitrogen and oxygen atoms in total. The molecule has 0 aliphatic carbocycles. The van der Waals surface area contributed by atoms with E-state index in [0.717, 1.165) is 6.07 Å². The number of phenols is 1. The van der Waals surface area contributed by atoms with Gasteiger partial charge in [-0.15, -0.1) is 0 Å². The number of sulfone groups is 1. The Hall–Kier alpha value is -1.86. The number of aromatic carboxylic acids is 1. The molecule has 110 valence electrons. The van der Waals surface area contributed by atoms with Gasteiger partial charge in [0.15, 0.2) is 9.84 Å². The van der Waals surface area contributed by atoms with E-state index in [2.05, 4.69) is 15.9 Å². The highest BCUT2D eigenvalue weighted by Crippen LogP contribution is 2.27. The highest BCUT2D eigenvalue weighted by Gasteiger charge is 2.20. The van der Waals surface area contributed by atoms with Crippen LogP contribution in [-0.4, -0.2) is 24.6 Å². The molecule has 0 saturated carbocycles. The highest BCUT2D eigenvalue weighted by atomic mass is 79.9. The van der Waals surface area contributed by atoms with Gasteiger partial charge in [-0.25, -0.2) is 13.2 Å². The van der Waals surface area contributed by atoms with Crippen molar-refractivity contribution in [1.29, 1.82) is 0 Å². The molecule has 2 aromatic carbocycles. The van der Waals surface area contributed by atoms with E-state index in [1.807, 2.05) is 0 Å². The summed E-state index contributed by atoms with van der Waals surface area (Å²) in [4.78, 5) is 10.9. The Balaban J connectivity index is 2.44. The Labute approximate surface area is 129 Å². The lowest BCUT2D eigenvalue weighted by atomic mass is 10.2. The quantitative estimate of drug-likeness (QED) is 0.863. The second kappa shape index (κ2) is 5.87. The van der Waals surface area contributed by atoms with Crippen molar-refractivity contribution in [3.63, 3.8) is 0 Å². The zero-order chi connectivity index (χ0) is 15.6. The number of hydrogen-bond acceptors (Lipinski definition) is 4. The van der Waals surface area contributed by atoms with Crippen LogP contribution < -0.4 is 0 Å². The molecule has 0 bridgehead atoms. The monoisotopic (exact) mass is 370 g/mol. The van der Waals surface area contributed by atoms with Crippen LogP contribution in [0.3, 0.4) is 0 Å². The van der Waals surface area contributed by atoms with E-state index in [4.69, 9.17) is 5.11 Å². The maximum absolute atomic E-state index is 12.4. The first kappa shape index (κ1) is 15.5. The van der Waals surface area contributed by atoms with Crippen LogP contribution in [0.5, 0.6) is 5.75 Å². The van der Waals surface area contributed by atoms with Crippen molar-refractivity contribution in [3.8, 4) is 5.75 Å². The van der Waals surface area contributed by atoms with E-state index in [-0.39, 0.29) is 22.0 Å². The molecule has 0 amide bonds. The fraction of sp³-hybridized carbons (Fsp3) is 0.0714. The maximum atomic E-state index is 12.4. The van der Waals surface area contributed by atoms with Gasteiger partial charge in [0.25, 0.3) is 0 Å². The van der Waals surface area contributed by atoms with Crippen LogP contribution in [0.25, 0.3) is 0 Å². The molecule has 7 heteroatoms. The van der Waals surface area contributed by atoms with Gasteiger partial charge in [-0.2, -0.15) is 0 Å². The summed E-state index contributed by atoms with van der Waals surface area (Å²) in [6.45, 7) is 0. The maximum Gasteiger partial charge on any atom is 0.335 e. The van der Waals surface area contributed by atoms with Crippen LogP contribution in [0.1, 0.15) is 15.9 Å². The molecule has 0 unspecified atom stereocenters. The number of halogens is 1. The van der Waals surface area contributed by atoms with Crippen molar-refractivity contribution in [3.05, 3.63) is 58.1 Å². The van der Waals surface area contributed by atoms with Crippen LogP contribution in [-0.2, 0) is 15.6 Å². The summed E-state index contributed by atoms with van der Waals surface area (Å²) < 4.78 is 25.1.